The van der Waals surface area contributed by atoms with Crippen LogP contribution in [0.25, 0.3) is 0 Å². The summed E-state index contributed by atoms with van der Waals surface area (Å²) in [6.07, 6.45) is 2.77. The molecule has 0 aliphatic carbocycles. The number of furan rings is 1. The highest BCUT2D eigenvalue weighted by molar-refractivity contribution is 5.21. The Balaban J connectivity index is 1.58. The van der Waals surface area contributed by atoms with Gasteiger partial charge in [-0.15, -0.1) is 0 Å². The van der Waals surface area contributed by atoms with Crippen molar-refractivity contribution in [3.05, 3.63) is 23.2 Å². The van der Waals surface area contributed by atoms with E-state index < -0.39 is 0 Å². The number of piperazine rings is 1. The summed E-state index contributed by atoms with van der Waals surface area (Å²) in [6.45, 7) is 12.1. The van der Waals surface area contributed by atoms with Crippen molar-refractivity contribution < 1.29 is 4.42 Å². The zero-order chi connectivity index (χ0) is 13.9. The molecule has 2 aliphatic rings. The minimum Gasteiger partial charge on any atom is -0.465 e. The van der Waals surface area contributed by atoms with Gasteiger partial charge in [-0.3, -0.25) is 9.80 Å². The van der Waals surface area contributed by atoms with Crippen molar-refractivity contribution in [2.45, 2.75) is 45.8 Å². The van der Waals surface area contributed by atoms with Gasteiger partial charge < -0.3 is 9.73 Å². The number of aryl methyl sites for hydroxylation is 1. The van der Waals surface area contributed by atoms with Gasteiger partial charge in [0.2, 0.25) is 0 Å². The second-order valence-electron chi connectivity index (χ2n) is 6.14. The summed E-state index contributed by atoms with van der Waals surface area (Å²) in [6, 6.07) is 3.04. The molecule has 112 valence electrons. The summed E-state index contributed by atoms with van der Waals surface area (Å²) >= 11 is 0. The molecule has 1 aromatic rings. The number of rotatable bonds is 5. The molecule has 0 aromatic carbocycles. The molecule has 3 rings (SSSR count). The van der Waals surface area contributed by atoms with E-state index in [1.807, 2.05) is 0 Å². The highest BCUT2D eigenvalue weighted by atomic mass is 16.3. The standard InChI is InChI=1S/C16H27N3O/c1-3-17-10-16-9-14(13(2)20-16)11-18-7-8-19-6-4-5-15(19)12-18/h9,15,17H,3-8,10-12H2,1-2H3. The Kier molecular flexibility index (Phi) is 4.44. The van der Waals surface area contributed by atoms with Crippen molar-refractivity contribution in [3.63, 3.8) is 0 Å². The van der Waals surface area contributed by atoms with Gasteiger partial charge in [-0.25, -0.2) is 0 Å². The monoisotopic (exact) mass is 277 g/mol. The van der Waals surface area contributed by atoms with Crippen LogP contribution in [0.2, 0.25) is 0 Å². The lowest BCUT2D eigenvalue weighted by molar-refractivity contribution is 0.0990. The smallest absolute Gasteiger partial charge is 0.118 e. The molecule has 2 fully saturated rings. The number of fused-ring (bicyclic) bond motifs is 1. The van der Waals surface area contributed by atoms with Gasteiger partial charge >= 0.3 is 0 Å². The first-order valence-corrected chi connectivity index (χ1v) is 8.01. The summed E-state index contributed by atoms with van der Waals surface area (Å²) in [4.78, 5) is 5.26. The van der Waals surface area contributed by atoms with Crippen LogP contribution in [0.1, 0.15) is 36.8 Å². The average molecular weight is 277 g/mol. The third-order valence-electron chi connectivity index (χ3n) is 4.69. The van der Waals surface area contributed by atoms with Gasteiger partial charge in [0, 0.05) is 37.8 Å². The predicted molar refractivity (Wildman–Crippen MR) is 80.7 cm³/mol. The van der Waals surface area contributed by atoms with Gasteiger partial charge in [0.1, 0.15) is 11.5 Å². The first kappa shape index (κ1) is 14.1. The Hall–Kier alpha value is -0.840. The van der Waals surface area contributed by atoms with Crippen LogP contribution in [-0.4, -0.2) is 48.6 Å². The Morgan fingerprint density at radius 2 is 2.25 bits per heavy atom. The zero-order valence-electron chi connectivity index (χ0n) is 12.8. The van der Waals surface area contributed by atoms with Gasteiger partial charge in [0.25, 0.3) is 0 Å². The molecule has 3 heterocycles. The summed E-state index contributed by atoms with van der Waals surface area (Å²) in [5, 5.41) is 3.32. The molecular weight excluding hydrogens is 250 g/mol. The van der Waals surface area contributed by atoms with Crippen LogP contribution < -0.4 is 5.32 Å². The van der Waals surface area contributed by atoms with E-state index in [0.717, 1.165) is 37.2 Å². The van der Waals surface area contributed by atoms with Crippen LogP contribution in [0.15, 0.2) is 10.5 Å². The maximum absolute atomic E-state index is 5.85. The van der Waals surface area contributed by atoms with Crippen molar-refractivity contribution in [2.75, 3.05) is 32.7 Å². The van der Waals surface area contributed by atoms with E-state index in [1.165, 1.54) is 44.6 Å². The quantitative estimate of drug-likeness (QED) is 0.892. The number of hydrogen-bond acceptors (Lipinski definition) is 4. The van der Waals surface area contributed by atoms with Crippen LogP contribution in [0, 0.1) is 6.92 Å². The fourth-order valence-electron chi connectivity index (χ4n) is 3.52. The second kappa shape index (κ2) is 6.29. The molecule has 0 amide bonds. The number of nitrogens with one attached hydrogen (secondary N) is 1. The van der Waals surface area contributed by atoms with E-state index in [0.29, 0.717) is 0 Å². The Bertz CT molecular complexity index is 443. The highest BCUT2D eigenvalue weighted by Gasteiger charge is 2.30. The first-order chi connectivity index (χ1) is 9.76. The van der Waals surface area contributed by atoms with Crippen molar-refractivity contribution in [1.29, 1.82) is 0 Å². The topological polar surface area (TPSA) is 31.6 Å². The lowest BCUT2D eigenvalue weighted by Crippen LogP contribution is -2.49. The molecule has 0 spiro atoms. The normalized spacial score (nSPS) is 24.2. The molecule has 4 nitrogen and oxygen atoms in total. The van der Waals surface area contributed by atoms with Crippen LogP contribution in [-0.2, 0) is 13.1 Å². The first-order valence-electron chi connectivity index (χ1n) is 8.01. The third-order valence-corrected chi connectivity index (χ3v) is 4.69. The predicted octanol–water partition coefficient (Wildman–Crippen LogP) is 1.98. The van der Waals surface area contributed by atoms with E-state index in [2.05, 4.69) is 35.0 Å². The summed E-state index contributed by atoms with van der Waals surface area (Å²) < 4.78 is 5.85. The molecule has 2 aliphatic heterocycles. The van der Waals surface area contributed by atoms with Crippen LogP contribution in [0.4, 0.5) is 0 Å². The van der Waals surface area contributed by atoms with E-state index in [9.17, 15) is 0 Å². The SMILES string of the molecule is CCNCc1cc(CN2CCN3CCCC3C2)c(C)o1. The molecule has 20 heavy (non-hydrogen) atoms. The second-order valence-corrected chi connectivity index (χ2v) is 6.14. The third kappa shape index (κ3) is 3.08. The van der Waals surface area contributed by atoms with E-state index >= 15 is 0 Å². The molecule has 0 bridgehead atoms. The highest BCUT2D eigenvalue weighted by Crippen LogP contribution is 2.24. The van der Waals surface area contributed by atoms with Crippen LogP contribution >= 0.6 is 0 Å². The maximum Gasteiger partial charge on any atom is 0.118 e. The largest absolute Gasteiger partial charge is 0.465 e. The molecule has 1 unspecified atom stereocenters. The number of hydrogen-bond donors (Lipinski definition) is 1. The van der Waals surface area contributed by atoms with Gasteiger partial charge in [-0.05, 0) is 38.9 Å². The molecule has 1 N–H and O–H groups in total. The lowest BCUT2D eigenvalue weighted by Gasteiger charge is -2.37. The van der Waals surface area contributed by atoms with Gasteiger partial charge in [0.05, 0.1) is 6.54 Å². The molecule has 4 heteroatoms. The summed E-state index contributed by atoms with van der Waals surface area (Å²) in [5.41, 5.74) is 1.37. The van der Waals surface area contributed by atoms with E-state index in [-0.39, 0.29) is 0 Å². The molecule has 1 atom stereocenters. The Morgan fingerprint density at radius 1 is 1.35 bits per heavy atom. The minimum absolute atomic E-state index is 0.803. The molecule has 0 radical (unpaired) electrons. The van der Waals surface area contributed by atoms with Gasteiger partial charge in [-0.1, -0.05) is 6.92 Å². The van der Waals surface area contributed by atoms with Crippen molar-refractivity contribution in [1.82, 2.24) is 15.1 Å². The fraction of sp³-hybridized carbons (Fsp3) is 0.750. The van der Waals surface area contributed by atoms with Gasteiger partial charge in [0.15, 0.2) is 0 Å². The minimum atomic E-state index is 0.803. The molecule has 0 saturated carbocycles. The zero-order valence-corrected chi connectivity index (χ0v) is 12.8. The molecule has 1 aromatic heterocycles. The summed E-state index contributed by atoms with van der Waals surface area (Å²) in [7, 11) is 0. The Labute approximate surface area is 122 Å². The summed E-state index contributed by atoms with van der Waals surface area (Å²) in [5.74, 6) is 2.16. The maximum atomic E-state index is 5.85. The number of nitrogens with zero attached hydrogens (tertiary/aromatic N) is 2. The van der Waals surface area contributed by atoms with Crippen molar-refractivity contribution in [2.24, 2.45) is 0 Å². The van der Waals surface area contributed by atoms with E-state index in [4.69, 9.17) is 4.42 Å². The Morgan fingerprint density at radius 3 is 3.10 bits per heavy atom. The lowest BCUT2D eigenvalue weighted by atomic mass is 10.1. The average Bonchev–Trinajstić information content (AvgIpc) is 3.03. The van der Waals surface area contributed by atoms with Crippen LogP contribution in [0.3, 0.4) is 0 Å². The van der Waals surface area contributed by atoms with Gasteiger partial charge in [-0.2, -0.15) is 0 Å². The molecular formula is C16H27N3O. The fourth-order valence-corrected chi connectivity index (χ4v) is 3.52. The van der Waals surface area contributed by atoms with Crippen molar-refractivity contribution in [3.8, 4) is 0 Å². The molecule has 2 saturated heterocycles. The van der Waals surface area contributed by atoms with Crippen LogP contribution in [0.5, 0.6) is 0 Å². The van der Waals surface area contributed by atoms with E-state index in [1.54, 1.807) is 0 Å². The van der Waals surface area contributed by atoms with Crippen molar-refractivity contribution >= 4 is 0 Å².